The second-order valence-corrected chi connectivity index (χ2v) is 10.2. The van der Waals surface area contributed by atoms with Crippen LogP contribution >= 0.6 is 0 Å². The molecule has 4 N–H and O–H groups in total. The average molecular weight is 537 g/mol. The normalized spacial score (nSPS) is 23.8. The highest BCUT2D eigenvalue weighted by Gasteiger charge is 2.37. The lowest BCUT2D eigenvalue weighted by Gasteiger charge is -2.32. The SMILES string of the molecule is C=CCC1CN(C2CCCC2)C(=N/C(=C)Nc2ccc(C3CCNC3)cc2OC)/C(=C\C)N(C)C1=O.NC=O. The summed E-state index contributed by atoms with van der Waals surface area (Å²) in [6.45, 7) is 12.8. The van der Waals surface area contributed by atoms with Gasteiger partial charge in [0.15, 0.2) is 5.84 Å². The molecule has 9 heteroatoms. The van der Waals surface area contributed by atoms with Gasteiger partial charge < -0.3 is 30.9 Å². The quantitative estimate of drug-likeness (QED) is 0.342. The van der Waals surface area contributed by atoms with E-state index in [1.54, 1.807) is 12.0 Å². The minimum Gasteiger partial charge on any atom is -0.495 e. The van der Waals surface area contributed by atoms with Crippen LogP contribution in [0.3, 0.4) is 0 Å². The summed E-state index contributed by atoms with van der Waals surface area (Å²) < 4.78 is 5.72. The molecule has 1 aromatic carbocycles. The monoisotopic (exact) mass is 536 g/mol. The van der Waals surface area contributed by atoms with Crippen molar-refractivity contribution in [1.29, 1.82) is 0 Å². The lowest BCUT2D eigenvalue weighted by molar-refractivity contribution is -0.131. The largest absolute Gasteiger partial charge is 0.495 e. The van der Waals surface area contributed by atoms with E-state index in [1.165, 1.54) is 18.4 Å². The molecule has 2 saturated heterocycles. The molecule has 39 heavy (non-hydrogen) atoms. The number of allylic oxidation sites excluding steroid dienone is 2. The third-order valence-electron chi connectivity index (χ3n) is 7.73. The van der Waals surface area contributed by atoms with Gasteiger partial charge >= 0.3 is 0 Å². The van der Waals surface area contributed by atoms with Crippen molar-refractivity contribution >= 4 is 23.8 Å². The van der Waals surface area contributed by atoms with E-state index >= 15 is 0 Å². The summed E-state index contributed by atoms with van der Waals surface area (Å²) in [5.41, 5.74) is 7.09. The number of carbonyl (C=O) groups is 2. The topological polar surface area (TPSA) is 112 Å². The average Bonchev–Trinajstić information content (AvgIpc) is 3.65. The molecule has 0 aromatic heterocycles. The van der Waals surface area contributed by atoms with Gasteiger partial charge in [0.05, 0.1) is 24.4 Å². The zero-order valence-electron chi connectivity index (χ0n) is 23.6. The molecule has 0 radical (unpaired) electrons. The molecule has 1 aliphatic carbocycles. The van der Waals surface area contributed by atoms with Crippen molar-refractivity contribution in [2.45, 2.75) is 57.4 Å². The number of nitrogens with zero attached hydrogens (tertiary/aromatic N) is 3. The van der Waals surface area contributed by atoms with Crippen LogP contribution in [0.5, 0.6) is 5.75 Å². The highest BCUT2D eigenvalue weighted by molar-refractivity contribution is 6.04. The second-order valence-electron chi connectivity index (χ2n) is 10.2. The minimum atomic E-state index is -0.144. The van der Waals surface area contributed by atoms with Gasteiger partial charge in [-0.3, -0.25) is 9.59 Å². The van der Waals surface area contributed by atoms with E-state index in [0.29, 0.717) is 30.7 Å². The number of hydrogen-bond acceptors (Lipinski definition) is 6. The van der Waals surface area contributed by atoms with Crippen LogP contribution in [0, 0.1) is 5.92 Å². The van der Waals surface area contributed by atoms with Gasteiger partial charge in [0.1, 0.15) is 11.6 Å². The number of nitrogens with two attached hydrogens (primary N) is 1. The van der Waals surface area contributed by atoms with Gasteiger partial charge in [-0.25, -0.2) is 4.99 Å². The van der Waals surface area contributed by atoms with E-state index < -0.39 is 0 Å². The molecule has 3 aliphatic rings. The maximum atomic E-state index is 13.3. The number of methoxy groups -OCH3 is 1. The molecule has 0 bridgehead atoms. The minimum absolute atomic E-state index is 0.105. The Bertz CT molecular complexity index is 1090. The van der Waals surface area contributed by atoms with E-state index in [9.17, 15) is 4.79 Å². The second kappa shape index (κ2) is 14.5. The zero-order chi connectivity index (χ0) is 28.4. The van der Waals surface area contributed by atoms with Gasteiger partial charge in [-0.1, -0.05) is 37.6 Å². The summed E-state index contributed by atoms with van der Waals surface area (Å²) in [5.74, 6) is 2.57. The third-order valence-corrected chi connectivity index (χ3v) is 7.73. The van der Waals surface area contributed by atoms with Gasteiger partial charge in [-0.05, 0) is 62.8 Å². The van der Waals surface area contributed by atoms with Crippen molar-refractivity contribution in [3.05, 3.63) is 60.6 Å². The summed E-state index contributed by atoms with van der Waals surface area (Å²) in [6, 6.07) is 6.68. The maximum Gasteiger partial charge on any atom is 0.232 e. The molecule has 2 amide bonds. The maximum absolute atomic E-state index is 13.3. The zero-order valence-corrected chi connectivity index (χ0v) is 23.6. The molecule has 1 aromatic rings. The number of amidine groups is 1. The van der Waals surface area contributed by atoms with Crippen LogP contribution in [0.25, 0.3) is 0 Å². The van der Waals surface area contributed by atoms with E-state index in [2.05, 4.69) is 46.6 Å². The first-order valence-corrected chi connectivity index (χ1v) is 13.8. The standard InChI is InChI=1S/C29H41N5O2.CH3NO/c1-6-10-23-19-34(24-11-8-9-12-24)28(26(7-2)33(4)29(23)35)32-20(3)31-25-14-13-21(17-27(25)36-5)22-15-16-30-18-22;2-1-3/h6-7,13-14,17,22-24,30-31H,1,3,8-12,15-16,18-19H2,2,4-5H3;1H,(H2,2,3)/b26-7+,32-28+;. The predicted molar refractivity (Wildman–Crippen MR) is 157 cm³/mol. The smallest absolute Gasteiger partial charge is 0.232 e. The number of aliphatic imine (C=N–C) groups is 1. The van der Waals surface area contributed by atoms with Crippen LogP contribution in [0.2, 0.25) is 0 Å². The Kier molecular flexibility index (Phi) is 11.2. The van der Waals surface area contributed by atoms with E-state index in [-0.39, 0.29) is 18.2 Å². The number of benzene rings is 1. The Labute approximate surface area is 232 Å². The van der Waals surface area contributed by atoms with Gasteiger partial charge in [0.25, 0.3) is 0 Å². The summed E-state index contributed by atoms with van der Waals surface area (Å²) in [6.07, 6.45) is 10.5. The van der Waals surface area contributed by atoms with Crippen molar-refractivity contribution < 1.29 is 14.3 Å². The third kappa shape index (κ3) is 7.29. The lowest BCUT2D eigenvalue weighted by Crippen LogP contribution is -2.42. The number of likely N-dealkylation sites (N-methyl/N-ethyl adjacent to an activating group) is 1. The highest BCUT2D eigenvalue weighted by Crippen LogP contribution is 2.33. The number of anilines is 1. The number of ether oxygens (including phenoxy) is 1. The van der Waals surface area contributed by atoms with Gasteiger partial charge in [-0.2, -0.15) is 0 Å². The molecule has 2 atom stereocenters. The van der Waals surface area contributed by atoms with Gasteiger partial charge in [0, 0.05) is 26.2 Å². The number of rotatable bonds is 8. The van der Waals surface area contributed by atoms with E-state index in [0.717, 1.165) is 55.3 Å². The first-order valence-electron chi connectivity index (χ1n) is 13.8. The predicted octanol–water partition coefficient (Wildman–Crippen LogP) is 3.97. The van der Waals surface area contributed by atoms with Crippen LogP contribution in [-0.4, -0.2) is 67.8 Å². The van der Waals surface area contributed by atoms with E-state index in [4.69, 9.17) is 14.5 Å². The fourth-order valence-corrected chi connectivity index (χ4v) is 5.77. The first-order chi connectivity index (χ1) is 18.9. The Hall–Kier alpha value is -3.59. The molecule has 2 heterocycles. The fourth-order valence-electron chi connectivity index (χ4n) is 5.77. The Balaban J connectivity index is 0.00000134. The molecule has 9 nitrogen and oxygen atoms in total. The molecular formula is C30H44N6O3. The van der Waals surface area contributed by atoms with Crippen molar-refractivity contribution in [3.63, 3.8) is 0 Å². The van der Waals surface area contributed by atoms with Crippen molar-refractivity contribution in [2.75, 3.05) is 39.1 Å². The molecule has 4 rings (SSSR count). The van der Waals surface area contributed by atoms with Crippen LogP contribution in [-0.2, 0) is 9.59 Å². The van der Waals surface area contributed by atoms with Crippen LogP contribution in [0.15, 0.2) is 60.0 Å². The Morgan fingerprint density at radius 3 is 2.62 bits per heavy atom. The van der Waals surface area contributed by atoms with E-state index in [1.807, 2.05) is 32.2 Å². The number of carbonyl (C=O) groups excluding carboxylic acids is 2. The molecule has 3 fully saturated rings. The molecule has 212 valence electrons. The number of nitrogens with one attached hydrogen (secondary N) is 2. The van der Waals surface area contributed by atoms with Crippen LogP contribution in [0.1, 0.15) is 56.9 Å². The summed E-state index contributed by atoms with van der Waals surface area (Å²) in [7, 11) is 3.54. The van der Waals surface area contributed by atoms with Crippen LogP contribution in [0.4, 0.5) is 5.69 Å². The number of hydrogen-bond donors (Lipinski definition) is 3. The van der Waals surface area contributed by atoms with Crippen molar-refractivity contribution in [3.8, 4) is 5.75 Å². The van der Waals surface area contributed by atoms with Crippen LogP contribution < -0.4 is 21.1 Å². The summed E-state index contributed by atoms with van der Waals surface area (Å²) in [5, 5.41) is 6.80. The van der Waals surface area contributed by atoms with Crippen molar-refractivity contribution in [2.24, 2.45) is 16.6 Å². The lowest BCUT2D eigenvalue weighted by atomic mass is 9.98. The summed E-state index contributed by atoms with van der Waals surface area (Å²) in [4.78, 5) is 31.0. The number of primary amides is 1. The Morgan fingerprint density at radius 1 is 1.31 bits per heavy atom. The summed E-state index contributed by atoms with van der Waals surface area (Å²) >= 11 is 0. The molecule has 2 unspecified atom stereocenters. The molecule has 1 saturated carbocycles. The Morgan fingerprint density at radius 2 is 2.03 bits per heavy atom. The molecular weight excluding hydrogens is 492 g/mol. The molecule has 2 aliphatic heterocycles. The van der Waals surface area contributed by atoms with Gasteiger partial charge in [0.2, 0.25) is 12.3 Å². The first kappa shape index (κ1) is 30.0. The van der Waals surface area contributed by atoms with Crippen molar-refractivity contribution in [1.82, 2.24) is 15.1 Å². The highest BCUT2D eigenvalue weighted by atomic mass is 16.5. The number of amides is 2. The fraction of sp³-hybridized carbons (Fsp3) is 0.500. The van der Waals surface area contributed by atoms with Gasteiger partial charge in [-0.15, -0.1) is 6.58 Å². The molecule has 0 spiro atoms.